The van der Waals surface area contributed by atoms with E-state index in [2.05, 4.69) is 4.98 Å². The van der Waals surface area contributed by atoms with E-state index in [-0.39, 0.29) is 50.8 Å². The molecule has 0 bridgehead atoms. The van der Waals surface area contributed by atoms with Crippen molar-refractivity contribution in [3.63, 3.8) is 0 Å². The molecule has 0 radical (unpaired) electrons. The van der Waals surface area contributed by atoms with Crippen LogP contribution in [0.5, 0.6) is 0 Å². The van der Waals surface area contributed by atoms with Crippen LogP contribution in [0.15, 0.2) is 52.2 Å². The number of H-pyrrole nitrogens is 1. The summed E-state index contributed by atoms with van der Waals surface area (Å²) in [4.78, 5) is 71.6. The van der Waals surface area contributed by atoms with Crippen LogP contribution in [0.25, 0.3) is 4.91 Å². The molecule has 0 saturated heterocycles. The highest BCUT2D eigenvalue weighted by Crippen LogP contribution is 2.42. The maximum atomic E-state index is 13.6. The predicted octanol–water partition coefficient (Wildman–Crippen LogP) is 4.19. The minimum atomic E-state index is -0.735. The number of hydrogen-bond acceptors (Lipinski definition) is 12. The SMILES string of the molecule is COC(=O)CCC1=C(CC(=O)OC)/C(=C(\SC)c2[nH]c(C)c(CC(=O)OC)c2CCC(=O)OC)N=C1C(=O)OCc1ccccc1. The molecule has 1 aromatic heterocycles. The number of allylic oxidation sites excluding steroid dienone is 1. The van der Waals surface area contributed by atoms with Gasteiger partial charge in [-0.3, -0.25) is 19.2 Å². The molecule has 1 aliphatic heterocycles. The van der Waals surface area contributed by atoms with Crippen molar-refractivity contribution >= 4 is 52.2 Å². The summed E-state index contributed by atoms with van der Waals surface area (Å²) in [6.45, 7) is 1.78. The van der Waals surface area contributed by atoms with Gasteiger partial charge in [-0.15, -0.1) is 11.8 Å². The number of aromatic nitrogens is 1. The third-order valence-electron chi connectivity index (χ3n) is 7.35. The van der Waals surface area contributed by atoms with E-state index < -0.39 is 29.8 Å². The number of benzene rings is 1. The zero-order valence-electron chi connectivity index (χ0n) is 26.8. The molecule has 13 heteroatoms. The van der Waals surface area contributed by atoms with Crippen molar-refractivity contribution in [3.05, 3.63) is 75.3 Å². The summed E-state index contributed by atoms with van der Waals surface area (Å²) in [7, 11) is 5.09. The molecule has 0 aliphatic carbocycles. The van der Waals surface area contributed by atoms with Gasteiger partial charge in [-0.1, -0.05) is 30.3 Å². The number of aromatic amines is 1. The number of carbonyl (C=O) groups is 5. The number of esters is 5. The van der Waals surface area contributed by atoms with Gasteiger partial charge < -0.3 is 28.7 Å². The third-order valence-corrected chi connectivity index (χ3v) is 8.16. The second-order valence-electron chi connectivity index (χ2n) is 10.1. The third kappa shape index (κ3) is 8.96. The van der Waals surface area contributed by atoms with Gasteiger partial charge in [-0.2, -0.15) is 0 Å². The highest BCUT2D eigenvalue weighted by Gasteiger charge is 2.34. The Hall–Kier alpha value is -4.65. The summed E-state index contributed by atoms with van der Waals surface area (Å²) < 4.78 is 25.2. The number of ether oxygens (including phenoxy) is 5. The number of methoxy groups -OCH3 is 4. The summed E-state index contributed by atoms with van der Waals surface area (Å²) in [6, 6.07) is 9.11. The van der Waals surface area contributed by atoms with Crippen LogP contribution in [0.3, 0.4) is 0 Å². The molecule has 0 unspecified atom stereocenters. The van der Waals surface area contributed by atoms with E-state index in [9.17, 15) is 24.0 Å². The van der Waals surface area contributed by atoms with Crippen molar-refractivity contribution in [3.8, 4) is 0 Å². The van der Waals surface area contributed by atoms with Crippen molar-refractivity contribution < 1.29 is 47.7 Å². The standard InChI is InChI=1S/C33H38N2O10S/c1-19-23(16-27(38)43-4)21(12-14-25(36)41-2)29(34-19)32(46-6)30-24(17-28(39)44-5)22(13-15-26(37)42-3)31(35-30)33(40)45-18-20-10-8-7-9-11-20/h7-11,34H,12-18H2,1-6H3/b32-30+. The highest BCUT2D eigenvalue weighted by atomic mass is 32.2. The van der Waals surface area contributed by atoms with E-state index in [1.807, 2.05) is 30.3 Å². The Bertz CT molecular complexity index is 1570. The summed E-state index contributed by atoms with van der Waals surface area (Å²) in [5, 5.41) is 0. The average Bonchev–Trinajstić information content (AvgIpc) is 3.57. The van der Waals surface area contributed by atoms with Crippen LogP contribution >= 0.6 is 11.8 Å². The van der Waals surface area contributed by atoms with Crippen molar-refractivity contribution in [2.45, 2.75) is 52.1 Å². The van der Waals surface area contributed by atoms with Gasteiger partial charge in [-0.05, 0) is 53.9 Å². The fourth-order valence-electron chi connectivity index (χ4n) is 4.97. The Morgan fingerprint density at radius 1 is 0.761 bits per heavy atom. The Morgan fingerprint density at radius 3 is 1.93 bits per heavy atom. The Kier molecular flexibility index (Phi) is 13.4. The Labute approximate surface area is 271 Å². The molecule has 1 aromatic carbocycles. The van der Waals surface area contributed by atoms with E-state index in [1.54, 1.807) is 13.2 Å². The predicted molar refractivity (Wildman–Crippen MR) is 171 cm³/mol. The van der Waals surface area contributed by atoms with E-state index in [0.717, 1.165) is 5.56 Å². The summed E-state index contributed by atoms with van der Waals surface area (Å²) in [5.74, 6) is -2.74. The van der Waals surface area contributed by atoms with Gasteiger partial charge in [0.15, 0.2) is 5.71 Å². The minimum Gasteiger partial charge on any atom is -0.469 e. The monoisotopic (exact) mass is 654 g/mol. The molecule has 1 N–H and O–H groups in total. The number of nitrogens with one attached hydrogen (secondary N) is 1. The number of aryl methyl sites for hydroxylation is 1. The molecule has 0 fully saturated rings. The molecule has 46 heavy (non-hydrogen) atoms. The first kappa shape index (κ1) is 35.8. The van der Waals surface area contributed by atoms with Crippen molar-refractivity contribution in [2.24, 2.45) is 4.99 Å². The second kappa shape index (κ2) is 17.2. The molecule has 246 valence electrons. The lowest BCUT2D eigenvalue weighted by molar-refractivity contribution is -0.141. The first-order chi connectivity index (χ1) is 22.1. The van der Waals surface area contributed by atoms with Crippen LogP contribution in [0.2, 0.25) is 0 Å². The maximum Gasteiger partial charge on any atom is 0.357 e. The lowest BCUT2D eigenvalue weighted by Crippen LogP contribution is -2.19. The fourth-order valence-corrected chi connectivity index (χ4v) is 5.71. The number of carbonyl (C=O) groups excluding carboxylic acids is 5. The Morgan fingerprint density at radius 2 is 1.35 bits per heavy atom. The van der Waals surface area contributed by atoms with Gasteiger partial charge in [0.05, 0.1) is 57.6 Å². The van der Waals surface area contributed by atoms with Gasteiger partial charge in [0.25, 0.3) is 0 Å². The lowest BCUT2D eigenvalue weighted by Gasteiger charge is -2.13. The molecule has 2 aromatic rings. The summed E-state index contributed by atoms with van der Waals surface area (Å²) in [6.07, 6.45) is 1.69. The largest absolute Gasteiger partial charge is 0.469 e. The second-order valence-corrected chi connectivity index (χ2v) is 10.9. The van der Waals surface area contributed by atoms with Crippen LogP contribution in [0.1, 0.15) is 53.8 Å². The molecule has 1 aliphatic rings. The Balaban J connectivity index is 2.26. The lowest BCUT2D eigenvalue weighted by atomic mass is 9.95. The van der Waals surface area contributed by atoms with Gasteiger partial charge in [-0.25, -0.2) is 9.79 Å². The molecule has 12 nitrogen and oxygen atoms in total. The summed E-state index contributed by atoms with van der Waals surface area (Å²) in [5.41, 5.74) is 4.28. The number of aliphatic imine (C=N–C) groups is 1. The zero-order valence-corrected chi connectivity index (χ0v) is 27.6. The van der Waals surface area contributed by atoms with E-state index in [4.69, 9.17) is 28.7 Å². The molecular formula is C33H38N2O10S. The van der Waals surface area contributed by atoms with Gasteiger partial charge >= 0.3 is 29.8 Å². The summed E-state index contributed by atoms with van der Waals surface area (Å²) >= 11 is 1.29. The van der Waals surface area contributed by atoms with Crippen LogP contribution in [0, 0.1) is 6.92 Å². The quantitative estimate of drug-likeness (QED) is 0.217. The van der Waals surface area contributed by atoms with E-state index >= 15 is 0 Å². The van der Waals surface area contributed by atoms with Crippen molar-refractivity contribution in [2.75, 3.05) is 34.7 Å². The number of hydrogen-bond donors (Lipinski definition) is 1. The van der Waals surface area contributed by atoms with Crippen LogP contribution in [-0.2, 0) is 67.1 Å². The first-order valence-electron chi connectivity index (χ1n) is 14.4. The van der Waals surface area contributed by atoms with E-state index in [0.29, 0.717) is 44.3 Å². The minimum absolute atomic E-state index is 0.0197. The number of nitrogens with zero attached hydrogens (tertiary/aromatic N) is 1. The fraction of sp³-hybridized carbons (Fsp3) is 0.394. The molecule has 0 saturated carbocycles. The van der Waals surface area contributed by atoms with Crippen molar-refractivity contribution in [1.29, 1.82) is 0 Å². The van der Waals surface area contributed by atoms with Gasteiger partial charge in [0.1, 0.15) is 6.61 Å². The topological polar surface area (TPSA) is 160 Å². The average molecular weight is 655 g/mol. The van der Waals surface area contributed by atoms with Crippen LogP contribution in [-0.4, -0.2) is 75.2 Å². The first-order valence-corrected chi connectivity index (χ1v) is 15.6. The highest BCUT2D eigenvalue weighted by molar-refractivity contribution is 8.07. The molecule has 2 heterocycles. The molecule has 0 amide bonds. The van der Waals surface area contributed by atoms with Crippen LogP contribution in [0.4, 0.5) is 0 Å². The molecule has 3 rings (SSSR count). The van der Waals surface area contributed by atoms with Gasteiger partial charge in [0, 0.05) is 18.5 Å². The van der Waals surface area contributed by atoms with E-state index in [1.165, 1.54) is 40.2 Å². The molecule has 0 spiro atoms. The smallest absolute Gasteiger partial charge is 0.357 e. The normalized spacial score (nSPS) is 13.6. The number of thioether (sulfide) groups is 1. The molecular weight excluding hydrogens is 616 g/mol. The number of rotatable bonds is 15. The zero-order chi connectivity index (χ0) is 33.8. The molecule has 0 atom stereocenters. The van der Waals surface area contributed by atoms with Crippen LogP contribution < -0.4 is 0 Å². The van der Waals surface area contributed by atoms with Crippen molar-refractivity contribution in [1.82, 2.24) is 4.98 Å². The van der Waals surface area contributed by atoms with Gasteiger partial charge in [0.2, 0.25) is 0 Å². The maximum absolute atomic E-state index is 13.6.